The number of carbonyl (C=O) groups is 1. The Morgan fingerprint density at radius 3 is 2.95 bits per heavy atom. The van der Waals surface area contributed by atoms with Crippen LogP contribution in [0.5, 0.6) is 0 Å². The van der Waals surface area contributed by atoms with E-state index in [2.05, 4.69) is 13.8 Å². The molecule has 1 N–H and O–H groups in total. The SMILES string of the molecule is CCCCC(CC)COCc1cc(C=CC(=O)O)cs1. The van der Waals surface area contributed by atoms with Crippen LogP contribution in [0, 0.1) is 5.92 Å². The van der Waals surface area contributed by atoms with E-state index in [-0.39, 0.29) is 0 Å². The Balaban J connectivity index is 2.33. The molecule has 0 bridgehead atoms. The van der Waals surface area contributed by atoms with Crippen LogP contribution >= 0.6 is 11.3 Å². The molecule has 1 aromatic rings. The highest BCUT2D eigenvalue weighted by Gasteiger charge is 2.06. The van der Waals surface area contributed by atoms with E-state index in [0.29, 0.717) is 12.5 Å². The molecule has 0 saturated carbocycles. The van der Waals surface area contributed by atoms with E-state index in [1.54, 1.807) is 17.4 Å². The molecule has 1 aromatic heterocycles. The van der Waals surface area contributed by atoms with E-state index >= 15 is 0 Å². The van der Waals surface area contributed by atoms with E-state index in [4.69, 9.17) is 9.84 Å². The zero-order valence-corrected chi connectivity index (χ0v) is 13.1. The van der Waals surface area contributed by atoms with Gasteiger partial charge in [0.1, 0.15) is 0 Å². The number of carboxylic acid groups (broad SMARTS) is 1. The maximum Gasteiger partial charge on any atom is 0.328 e. The van der Waals surface area contributed by atoms with Gasteiger partial charge in [0.2, 0.25) is 0 Å². The molecule has 1 atom stereocenters. The van der Waals surface area contributed by atoms with Crippen molar-refractivity contribution in [3.63, 3.8) is 0 Å². The molecule has 0 aliphatic heterocycles. The van der Waals surface area contributed by atoms with Crippen LogP contribution < -0.4 is 0 Å². The summed E-state index contributed by atoms with van der Waals surface area (Å²) in [5.74, 6) is -0.267. The molecular weight excluding hydrogens is 272 g/mol. The number of rotatable bonds is 10. The van der Waals surface area contributed by atoms with E-state index in [9.17, 15) is 4.79 Å². The van der Waals surface area contributed by atoms with Crippen LogP contribution in [-0.2, 0) is 16.1 Å². The first kappa shape index (κ1) is 16.9. The molecule has 0 amide bonds. The van der Waals surface area contributed by atoms with Crippen LogP contribution in [0.25, 0.3) is 6.08 Å². The first-order valence-corrected chi connectivity index (χ1v) is 8.09. The summed E-state index contributed by atoms with van der Waals surface area (Å²) in [6, 6.07) is 1.98. The summed E-state index contributed by atoms with van der Waals surface area (Å²) < 4.78 is 5.78. The monoisotopic (exact) mass is 296 g/mol. The lowest BCUT2D eigenvalue weighted by Crippen LogP contribution is -2.08. The number of hydrogen-bond donors (Lipinski definition) is 1. The number of ether oxygens (including phenoxy) is 1. The first-order chi connectivity index (χ1) is 9.65. The van der Waals surface area contributed by atoms with Crippen molar-refractivity contribution in [2.24, 2.45) is 5.92 Å². The predicted octanol–water partition coefficient (Wildman–Crippen LogP) is 4.58. The molecule has 1 heterocycles. The van der Waals surface area contributed by atoms with Crippen molar-refractivity contribution in [3.05, 3.63) is 28.0 Å². The molecule has 0 saturated heterocycles. The highest BCUT2D eigenvalue weighted by molar-refractivity contribution is 7.10. The smallest absolute Gasteiger partial charge is 0.328 e. The maximum atomic E-state index is 10.4. The van der Waals surface area contributed by atoms with Crippen molar-refractivity contribution in [2.75, 3.05) is 6.61 Å². The summed E-state index contributed by atoms with van der Waals surface area (Å²) in [5, 5.41) is 10.5. The number of thiophene rings is 1. The van der Waals surface area contributed by atoms with Gasteiger partial charge >= 0.3 is 5.97 Å². The minimum Gasteiger partial charge on any atom is -0.478 e. The minimum atomic E-state index is -0.921. The molecule has 1 unspecified atom stereocenters. The molecule has 0 aliphatic rings. The van der Waals surface area contributed by atoms with Crippen molar-refractivity contribution >= 4 is 23.4 Å². The lowest BCUT2D eigenvalue weighted by molar-refractivity contribution is -0.131. The summed E-state index contributed by atoms with van der Waals surface area (Å²) in [6.07, 6.45) is 7.68. The van der Waals surface area contributed by atoms with Gasteiger partial charge in [0.15, 0.2) is 0 Å². The van der Waals surface area contributed by atoms with Crippen molar-refractivity contribution in [1.82, 2.24) is 0 Å². The molecular formula is C16H24O3S. The number of aliphatic carboxylic acids is 1. The average Bonchev–Trinajstić information content (AvgIpc) is 2.88. The van der Waals surface area contributed by atoms with Gasteiger partial charge < -0.3 is 9.84 Å². The zero-order valence-electron chi connectivity index (χ0n) is 12.3. The third kappa shape index (κ3) is 6.87. The Hall–Kier alpha value is -1.13. The minimum absolute atomic E-state index is 0.619. The second-order valence-corrected chi connectivity index (χ2v) is 5.95. The van der Waals surface area contributed by atoms with Crippen LogP contribution in [0.2, 0.25) is 0 Å². The molecule has 112 valence electrons. The van der Waals surface area contributed by atoms with E-state index in [1.165, 1.54) is 19.3 Å². The third-order valence-corrected chi connectivity index (χ3v) is 4.16. The van der Waals surface area contributed by atoms with E-state index in [1.807, 2.05) is 11.4 Å². The van der Waals surface area contributed by atoms with Gasteiger partial charge in [0.05, 0.1) is 6.61 Å². The van der Waals surface area contributed by atoms with Gasteiger partial charge in [-0.2, -0.15) is 0 Å². The first-order valence-electron chi connectivity index (χ1n) is 7.21. The summed E-state index contributed by atoms with van der Waals surface area (Å²) in [7, 11) is 0. The predicted molar refractivity (Wildman–Crippen MR) is 84.0 cm³/mol. The fraction of sp³-hybridized carbons (Fsp3) is 0.562. The Morgan fingerprint density at radius 1 is 1.50 bits per heavy atom. The second-order valence-electron chi connectivity index (χ2n) is 4.95. The third-order valence-electron chi connectivity index (χ3n) is 3.23. The van der Waals surface area contributed by atoms with Crippen molar-refractivity contribution in [1.29, 1.82) is 0 Å². The van der Waals surface area contributed by atoms with Crippen LogP contribution in [0.15, 0.2) is 17.5 Å². The number of hydrogen-bond acceptors (Lipinski definition) is 3. The van der Waals surface area contributed by atoms with Gasteiger partial charge in [-0.05, 0) is 35.4 Å². The Kier molecular flexibility index (Phi) is 8.23. The normalized spacial score (nSPS) is 12.9. The topological polar surface area (TPSA) is 46.5 Å². The molecule has 4 heteroatoms. The van der Waals surface area contributed by atoms with E-state index < -0.39 is 5.97 Å². The molecule has 0 fully saturated rings. The second kappa shape index (κ2) is 9.72. The highest BCUT2D eigenvalue weighted by Crippen LogP contribution is 2.19. The van der Waals surface area contributed by atoms with Crippen molar-refractivity contribution in [2.45, 2.75) is 46.1 Å². The van der Waals surface area contributed by atoms with Crippen LogP contribution in [-0.4, -0.2) is 17.7 Å². The van der Waals surface area contributed by atoms with Crippen LogP contribution in [0.4, 0.5) is 0 Å². The molecule has 0 aliphatic carbocycles. The number of unbranched alkanes of at least 4 members (excludes halogenated alkanes) is 1. The molecule has 1 rings (SSSR count). The van der Waals surface area contributed by atoms with Crippen molar-refractivity contribution < 1.29 is 14.6 Å². The van der Waals surface area contributed by atoms with E-state index in [0.717, 1.165) is 29.5 Å². The Bertz CT molecular complexity index is 423. The van der Waals surface area contributed by atoms with Gasteiger partial charge in [0.25, 0.3) is 0 Å². The summed E-state index contributed by atoms with van der Waals surface area (Å²) >= 11 is 1.61. The average molecular weight is 296 g/mol. The molecule has 20 heavy (non-hydrogen) atoms. The highest BCUT2D eigenvalue weighted by atomic mass is 32.1. The van der Waals surface area contributed by atoms with Gasteiger partial charge in [-0.15, -0.1) is 11.3 Å². The molecule has 0 aromatic carbocycles. The maximum absolute atomic E-state index is 10.4. The largest absolute Gasteiger partial charge is 0.478 e. The van der Waals surface area contributed by atoms with Crippen LogP contribution in [0.1, 0.15) is 50.0 Å². The lowest BCUT2D eigenvalue weighted by atomic mass is 10.0. The fourth-order valence-electron chi connectivity index (χ4n) is 1.95. The summed E-state index contributed by atoms with van der Waals surface area (Å²) in [6.45, 7) is 5.86. The molecule has 0 radical (unpaired) electrons. The standard InChI is InChI=1S/C16H24O3S/c1-3-5-6-13(4-2)10-19-11-15-9-14(12-20-15)7-8-16(17)18/h7-9,12-13H,3-6,10-11H2,1-2H3,(H,17,18). The summed E-state index contributed by atoms with van der Waals surface area (Å²) in [4.78, 5) is 11.6. The zero-order chi connectivity index (χ0) is 14.8. The molecule has 0 spiro atoms. The summed E-state index contributed by atoms with van der Waals surface area (Å²) in [5.41, 5.74) is 0.925. The van der Waals surface area contributed by atoms with Crippen molar-refractivity contribution in [3.8, 4) is 0 Å². The number of carboxylic acids is 1. The van der Waals surface area contributed by atoms with Gasteiger partial charge in [-0.1, -0.05) is 33.1 Å². The lowest BCUT2D eigenvalue weighted by Gasteiger charge is -2.14. The van der Waals surface area contributed by atoms with Crippen LogP contribution in [0.3, 0.4) is 0 Å². The van der Waals surface area contributed by atoms with Gasteiger partial charge in [-0.3, -0.25) is 0 Å². The van der Waals surface area contributed by atoms with Gasteiger partial charge in [0, 0.05) is 17.6 Å². The Labute approximate surface area is 125 Å². The molecule has 3 nitrogen and oxygen atoms in total. The Morgan fingerprint density at radius 2 is 2.30 bits per heavy atom. The fourth-order valence-corrected chi connectivity index (χ4v) is 2.74. The quantitative estimate of drug-likeness (QED) is 0.643. The van der Waals surface area contributed by atoms with Gasteiger partial charge in [-0.25, -0.2) is 4.79 Å².